The number of rotatable bonds is 5. The van der Waals surface area contributed by atoms with Crippen LogP contribution in [-0.4, -0.2) is 36.6 Å². The fourth-order valence-corrected chi connectivity index (χ4v) is 3.86. The van der Waals surface area contributed by atoms with Crippen LogP contribution in [0.3, 0.4) is 0 Å². The molecule has 116 valence electrons. The molecule has 1 aliphatic carbocycles. The van der Waals surface area contributed by atoms with Crippen LogP contribution in [0.25, 0.3) is 0 Å². The summed E-state index contributed by atoms with van der Waals surface area (Å²) in [5.74, 6) is 0.736. The second-order valence-electron chi connectivity index (χ2n) is 6.70. The van der Waals surface area contributed by atoms with Crippen molar-refractivity contribution in [2.75, 3.05) is 19.6 Å². The number of piperidine rings is 1. The number of hydrogen-bond donors (Lipinski definition) is 1. The Kier molecular flexibility index (Phi) is 5.20. The summed E-state index contributed by atoms with van der Waals surface area (Å²) in [5, 5.41) is 4.72. The molecule has 0 unspecified atom stereocenters. The summed E-state index contributed by atoms with van der Waals surface area (Å²) in [6.45, 7) is 6.10. The highest BCUT2D eigenvalue weighted by atomic mass is 35.5. The third kappa shape index (κ3) is 4.00. The number of hydrogen-bond acceptors (Lipinski definition) is 2. The van der Waals surface area contributed by atoms with Gasteiger partial charge in [-0.05, 0) is 75.4 Å². The minimum atomic E-state index is 0.730. The predicted molar refractivity (Wildman–Crippen MR) is 90.1 cm³/mol. The Morgan fingerprint density at radius 1 is 1.10 bits per heavy atom. The maximum atomic E-state index is 5.95. The van der Waals surface area contributed by atoms with Gasteiger partial charge < -0.3 is 10.2 Å². The van der Waals surface area contributed by atoms with Crippen molar-refractivity contribution in [1.29, 1.82) is 0 Å². The van der Waals surface area contributed by atoms with Crippen LogP contribution in [0, 0.1) is 0 Å². The van der Waals surface area contributed by atoms with E-state index in [-0.39, 0.29) is 0 Å². The standard InChI is InChI=1S/C18H27ClN2/c1-2-9-21-10-7-17(8-11-21)20-18-12-15(13-18)14-3-5-16(19)6-4-14/h3-6,15,17-18,20H,2,7-13H2,1H3. The Bertz CT molecular complexity index is 431. The van der Waals surface area contributed by atoms with Crippen molar-refractivity contribution >= 4 is 11.6 Å². The first-order valence-electron chi connectivity index (χ1n) is 8.48. The summed E-state index contributed by atoms with van der Waals surface area (Å²) < 4.78 is 0. The molecule has 0 atom stereocenters. The van der Waals surface area contributed by atoms with Crippen LogP contribution in [0.1, 0.15) is 50.5 Å². The molecule has 3 heteroatoms. The molecular formula is C18H27ClN2. The lowest BCUT2D eigenvalue weighted by molar-refractivity contribution is 0.171. The van der Waals surface area contributed by atoms with E-state index in [2.05, 4.69) is 29.3 Å². The quantitative estimate of drug-likeness (QED) is 0.883. The first-order chi connectivity index (χ1) is 10.2. The monoisotopic (exact) mass is 306 g/mol. The maximum absolute atomic E-state index is 5.95. The van der Waals surface area contributed by atoms with E-state index < -0.39 is 0 Å². The van der Waals surface area contributed by atoms with Gasteiger partial charge in [0.1, 0.15) is 0 Å². The highest BCUT2D eigenvalue weighted by Gasteiger charge is 2.32. The first kappa shape index (κ1) is 15.3. The van der Waals surface area contributed by atoms with Crippen LogP contribution in [0.2, 0.25) is 5.02 Å². The first-order valence-corrected chi connectivity index (χ1v) is 8.86. The van der Waals surface area contributed by atoms with E-state index in [1.54, 1.807) is 0 Å². The lowest BCUT2D eigenvalue weighted by atomic mass is 9.75. The zero-order chi connectivity index (χ0) is 14.7. The molecule has 21 heavy (non-hydrogen) atoms. The smallest absolute Gasteiger partial charge is 0.0406 e. The van der Waals surface area contributed by atoms with Crippen molar-refractivity contribution < 1.29 is 0 Å². The molecule has 2 aliphatic rings. The van der Waals surface area contributed by atoms with E-state index >= 15 is 0 Å². The lowest BCUT2D eigenvalue weighted by Gasteiger charge is -2.41. The van der Waals surface area contributed by atoms with Gasteiger partial charge in [-0.1, -0.05) is 30.7 Å². The van der Waals surface area contributed by atoms with E-state index in [4.69, 9.17) is 11.6 Å². The average Bonchev–Trinajstić information content (AvgIpc) is 2.46. The van der Waals surface area contributed by atoms with Crippen molar-refractivity contribution in [3.63, 3.8) is 0 Å². The van der Waals surface area contributed by atoms with E-state index in [1.165, 1.54) is 57.3 Å². The molecule has 2 nitrogen and oxygen atoms in total. The lowest BCUT2D eigenvalue weighted by Crippen LogP contribution is -2.50. The van der Waals surface area contributed by atoms with E-state index in [9.17, 15) is 0 Å². The SMILES string of the molecule is CCCN1CCC(NC2CC(c3ccc(Cl)cc3)C2)CC1. The van der Waals surface area contributed by atoms with Gasteiger partial charge in [0.2, 0.25) is 0 Å². The largest absolute Gasteiger partial charge is 0.311 e. The number of benzene rings is 1. The van der Waals surface area contributed by atoms with Crippen LogP contribution in [0.5, 0.6) is 0 Å². The van der Waals surface area contributed by atoms with Gasteiger partial charge in [0, 0.05) is 17.1 Å². The fourth-order valence-electron chi connectivity index (χ4n) is 3.73. The van der Waals surface area contributed by atoms with Crippen molar-refractivity contribution in [3.8, 4) is 0 Å². The maximum Gasteiger partial charge on any atom is 0.0406 e. The van der Waals surface area contributed by atoms with Crippen molar-refractivity contribution in [2.24, 2.45) is 0 Å². The molecule has 0 aromatic heterocycles. The Morgan fingerprint density at radius 2 is 1.76 bits per heavy atom. The fraction of sp³-hybridized carbons (Fsp3) is 0.667. The van der Waals surface area contributed by atoms with Crippen LogP contribution < -0.4 is 5.32 Å². The van der Waals surface area contributed by atoms with Gasteiger partial charge in [-0.15, -0.1) is 0 Å². The highest BCUT2D eigenvalue weighted by molar-refractivity contribution is 6.30. The van der Waals surface area contributed by atoms with E-state index in [0.717, 1.165) is 23.0 Å². The molecule has 1 saturated carbocycles. The van der Waals surface area contributed by atoms with Gasteiger partial charge in [0.15, 0.2) is 0 Å². The molecule has 1 N–H and O–H groups in total. The van der Waals surface area contributed by atoms with Gasteiger partial charge in [-0.2, -0.15) is 0 Å². The minimum Gasteiger partial charge on any atom is -0.311 e. The van der Waals surface area contributed by atoms with E-state index in [0.29, 0.717) is 0 Å². The van der Waals surface area contributed by atoms with Gasteiger partial charge in [-0.3, -0.25) is 0 Å². The number of halogens is 1. The molecule has 1 saturated heterocycles. The van der Waals surface area contributed by atoms with Crippen LogP contribution in [0.15, 0.2) is 24.3 Å². The predicted octanol–water partition coefficient (Wildman–Crippen LogP) is 4.05. The van der Waals surface area contributed by atoms with Gasteiger partial charge >= 0.3 is 0 Å². The zero-order valence-corrected chi connectivity index (χ0v) is 13.8. The molecule has 3 rings (SSSR count). The number of nitrogens with one attached hydrogen (secondary N) is 1. The van der Waals surface area contributed by atoms with Gasteiger partial charge in [0.25, 0.3) is 0 Å². The summed E-state index contributed by atoms with van der Waals surface area (Å²) in [5.41, 5.74) is 1.45. The van der Waals surface area contributed by atoms with Crippen LogP contribution >= 0.6 is 11.6 Å². The van der Waals surface area contributed by atoms with Crippen molar-refractivity contribution in [2.45, 2.75) is 57.0 Å². The topological polar surface area (TPSA) is 15.3 Å². The summed E-state index contributed by atoms with van der Waals surface area (Å²) in [6, 6.07) is 9.88. The molecule has 0 bridgehead atoms. The second kappa shape index (κ2) is 7.13. The summed E-state index contributed by atoms with van der Waals surface area (Å²) in [6.07, 6.45) is 6.50. The molecule has 1 aromatic rings. The Labute approximate surface area is 133 Å². The minimum absolute atomic E-state index is 0.730. The molecular weight excluding hydrogens is 280 g/mol. The van der Waals surface area contributed by atoms with E-state index in [1.807, 2.05) is 12.1 Å². The number of nitrogens with zero attached hydrogens (tertiary/aromatic N) is 1. The molecule has 1 aliphatic heterocycles. The molecule has 0 amide bonds. The van der Waals surface area contributed by atoms with Crippen molar-refractivity contribution in [1.82, 2.24) is 10.2 Å². The third-order valence-electron chi connectivity index (χ3n) is 5.08. The Balaban J connectivity index is 1.38. The number of likely N-dealkylation sites (tertiary alicyclic amines) is 1. The molecule has 1 aromatic carbocycles. The third-order valence-corrected chi connectivity index (χ3v) is 5.33. The summed E-state index contributed by atoms with van der Waals surface area (Å²) in [7, 11) is 0. The second-order valence-corrected chi connectivity index (χ2v) is 7.14. The van der Waals surface area contributed by atoms with Crippen LogP contribution in [0.4, 0.5) is 0 Å². The van der Waals surface area contributed by atoms with Gasteiger partial charge in [-0.25, -0.2) is 0 Å². The zero-order valence-electron chi connectivity index (χ0n) is 13.0. The Morgan fingerprint density at radius 3 is 2.38 bits per heavy atom. The normalized spacial score (nSPS) is 27.5. The molecule has 0 spiro atoms. The molecule has 0 radical (unpaired) electrons. The molecule has 1 heterocycles. The summed E-state index contributed by atoms with van der Waals surface area (Å²) >= 11 is 5.95. The highest BCUT2D eigenvalue weighted by Crippen LogP contribution is 2.37. The summed E-state index contributed by atoms with van der Waals surface area (Å²) in [4.78, 5) is 2.61. The van der Waals surface area contributed by atoms with Crippen molar-refractivity contribution in [3.05, 3.63) is 34.9 Å². The average molecular weight is 307 g/mol. The Hall–Kier alpha value is -0.570. The van der Waals surface area contributed by atoms with Crippen LogP contribution in [-0.2, 0) is 0 Å². The van der Waals surface area contributed by atoms with Gasteiger partial charge in [0.05, 0.1) is 0 Å². The molecule has 2 fully saturated rings.